The fraction of sp³-hybridized carbons (Fsp3) is 0.250. The van der Waals surface area contributed by atoms with Crippen LogP contribution in [0.3, 0.4) is 0 Å². The maximum Gasteiger partial charge on any atom is 0.168 e. The number of hydrogen-bond donors (Lipinski definition) is 2. The monoisotopic (exact) mass is 276 g/mol. The normalized spacial score (nSPS) is 13.2. The predicted octanol–water partition coefficient (Wildman–Crippen LogP) is 0.723. The molecular weight excluding hydrogens is 264 g/mol. The van der Waals surface area contributed by atoms with Gasteiger partial charge in [0.05, 0.1) is 12.7 Å². The molecule has 0 saturated carbocycles. The molecule has 1 atom stereocenters. The molecule has 0 aromatic carbocycles. The predicted molar refractivity (Wildman–Crippen MR) is 72.1 cm³/mol. The lowest BCUT2D eigenvalue weighted by molar-refractivity contribution is 0.113. The van der Waals surface area contributed by atoms with E-state index in [1.54, 1.807) is 0 Å². The summed E-state index contributed by atoms with van der Waals surface area (Å²) in [5, 5.41) is 18.9. The summed E-state index contributed by atoms with van der Waals surface area (Å²) in [4.78, 5) is 12.9. The van der Waals surface area contributed by atoms with Crippen LogP contribution in [0.15, 0.2) is 35.7 Å². The van der Waals surface area contributed by atoms with Crippen LogP contribution in [0.25, 0.3) is 16.8 Å². The highest BCUT2D eigenvalue weighted by molar-refractivity contribution is 7.99. The molecule has 98 valence electrons. The van der Waals surface area contributed by atoms with Crippen LogP contribution >= 0.6 is 11.8 Å². The Morgan fingerprint density at radius 2 is 2.21 bits per heavy atom. The second-order valence-corrected chi connectivity index (χ2v) is 5.05. The number of pyridine rings is 1. The quantitative estimate of drug-likeness (QED) is 0.540. The van der Waals surface area contributed by atoms with Crippen molar-refractivity contribution in [2.24, 2.45) is 0 Å². The van der Waals surface area contributed by atoms with Crippen LogP contribution in [0.2, 0.25) is 0 Å². The molecule has 0 aliphatic carbocycles. The Balaban J connectivity index is 2.05. The lowest BCUT2D eigenvalue weighted by Gasteiger charge is -2.05. The lowest BCUT2D eigenvalue weighted by atomic mass is 10.4. The van der Waals surface area contributed by atoms with Gasteiger partial charge in [-0.1, -0.05) is 6.07 Å². The fourth-order valence-corrected chi connectivity index (χ4v) is 2.63. The number of aliphatic hydroxyl groups excluding tert-OH is 2. The number of aromatic nitrogens is 4. The Hall–Kier alpha value is -1.70. The van der Waals surface area contributed by atoms with E-state index in [-0.39, 0.29) is 6.61 Å². The Bertz CT molecular complexity index is 715. The zero-order valence-corrected chi connectivity index (χ0v) is 10.8. The molecule has 3 aromatic heterocycles. The Morgan fingerprint density at radius 3 is 3.05 bits per heavy atom. The molecule has 19 heavy (non-hydrogen) atoms. The van der Waals surface area contributed by atoms with E-state index in [9.17, 15) is 5.11 Å². The lowest BCUT2D eigenvalue weighted by Crippen LogP contribution is -2.14. The first-order chi connectivity index (χ1) is 9.29. The molecule has 0 fully saturated rings. The number of nitrogens with zero attached hydrogens (tertiary/aromatic N) is 4. The van der Waals surface area contributed by atoms with Gasteiger partial charge >= 0.3 is 0 Å². The van der Waals surface area contributed by atoms with Gasteiger partial charge in [0.1, 0.15) is 22.5 Å². The van der Waals surface area contributed by atoms with Crippen molar-refractivity contribution in [3.05, 3.63) is 30.7 Å². The number of rotatable bonds is 4. The summed E-state index contributed by atoms with van der Waals surface area (Å²) in [5.74, 6) is 0.372. The summed E-state index contributed by atoms with van der Waals surface area (Å²) < 4.78 is 1.89. The minimum Gasteiger partial charge on any atom is -0.394 e. The number of fused-ring (bicyclic) bond motifs is 3. The van der Waals surface area contributed by atoms with Gasteiger partial charge in [0, 0.05) is 11.9 Å². The minimum absolute atomic E-state index is 0.258. The van der Waals surface area contributed by atoms with E-state index in [0.717, 1.165) is 11.3 Å². The molecule has 1 unspecified atom stereocenters. The van der Waals surface area contributed by atoms with Gasteiger partial charge < -0.3 is 10.2 Å². The largest absolute Gasteiger partial charge is 0.394 e. The van der Waals surface area contributed by atoms with Gasteiger partial charge in [-0.3, -0.25) is 4.40 Å². The molecule has 3 rings (SSSR count). The fourth-order valence-electron chi connectivity index (χ4n) is 1.78. The third-order valence-electron chi connectivity index (χ3n) is 2.69. The van der Waals surface area contributed by atoms with E-state index in [1.807, 2.05) is 28.8 Å². The van der Waals surface area contributed by atoms with Gasteiger partial charge in [-0.05, 0) is 12.1 Å². The zero-order chi connectivity index (χ0) is 13.2. The third-order valence-corrected chi connectivity index (χ3v) is 3.81. The van der Waals surface area contributed by atoms with Crippen LogP contribution in [0.5, 0.6) is 0 Å². The van der Waals surface area contributed by atoms with Gasteiger partial charge in [-0.15, -0.1) is 11.8 Å². The van der Waals surface area contributed by atoms with Crippen LogP contribution in [0, 0.1) is 0 Å². The second-order valence-electron chi connectivity index (χ2n) is 4.04. The number of hydrogen-bond acceptors (Lipinski definition) is 6. The first-order valence-electron chi connectivity index (χ1n) is 5.79. The molecule has 7 heteroatoms. The van der Waals surface area contributed by atoms with Crippen LogP contribution in [-0.2, 0) is 0 Å². The van der Waals surface area contributed by atoms with Crippen molar-refractivity contribution >= 4 is 28.6 Å². The number of aliphatic hydroxyl groups is 2. The van der Waals surface area contributed by atoms with Crippen molar-refractivity contribution in [3.63, 3.8) is 0 Å². The SMILES string of the molecule is OCC(O)CSc1ncnc2c1nc1ccccn12. The number of imidazole rings is 1. The maximum absolute atomic E-state index is 9.39. The molecule has 0 spiro atoms. The van der Waals surface area contributed by atoms with Crippen molar-refractivity contribution in [1.29, 1.82) is 0 Å². The second kappa shape index (κ2) is 5.12. The number of thioether (sulfide) groups is 1. The standard InChI is InChI=1S/C12H12N4O2S/c17-5-8(18)6-19-12-10-11(13-7-14-12)16-4-2-1-3-9(16)15-10/h1-4,7-8,17-18H,5-6H2. The summed E-state index contributed by atoms with van der Waals surface area (Å²) in [6.45, 7) is -0.258. The highest BCUT2D eigenvalue weighted by Crippen LogP contribution is 2.25. The molecule has 0 bridgehead atoms. The van der Waals surface area contributed by atoms with Crippen LogP contribution < -0.4 is 0 Å². The molecule has 0 amide bonds. The Labute approximate surface area is 113 Å². The molecule has 0 aliphatic heterocycles. The van der Waals surface area contributed by atoms with Crippen LogP contribution in [-0.4, -0.2) is 48.0 Å². The van der Waals surface area contributed by atoms with E-state index in [1.165, 1.54) is 18.1 Å². The van der Waals surface area contributed by atoms with Crippen molar-refractivity contribution < 1.29 is 10.2 Å². The van der Waals surface area contributed by atoms with Crippen molar-refractivity contribution in [2.45, 2.75) is 11.1 Å². The van der Waals surface area contributed by atoms with E-state index in [2.05, 4.69) is 15.0 Å². The average Bonchev–Trinajstić information content (AvgIpc) is 2.84. The third kappa shape index (κ3) is 2.27. The van der Waals surface area contributed by atoms with Crippen molar-refractivity contribution in [1.82, 2.24) is 19.4 Å². The maximum atomic E-state index is 9.39. The molecular formula is C12H12N4O2S. The van der Waals surface area contributed by atoms with Gasteiger partial charge in [-0.2, -0.15) is 0 Å². The molecule has 0 aliphatic rings. The van der Waals surface area contributed by atoms with Gasteiger partial charge in [0.25, 0.3) is 0 Å². The van der Waals surface area contributed by atoms with Crippen LogP contribution in [0.4, 0.5) is 0 Å². The van der Waals surface area contributed by atoms with E-state index >= 15 is 0 Å². The topological polar surface area (TPSA) is 83.5 Å². The molecule has 6 nitrogen and oxygen atoms in total. The average molecular weight is 276 g/mol. The van der Waals surface area contributed by atoms with Gasteiger partial charge in [0.2, 0.25) is 0 Å². The van der Waals surface area contributed by atoms with Crippen molar-refractivity contribution in [2.75, 3.05) is 12.4 Å². The van der Waals surface area contributed by atoms with E-state index < -0.39 is 6.10 Å². The highest BCUT2D eigenvalue weighted by atomic mass is 32.2. The molecule has 0 radical (unpaired) electrons. The summed E-state index contributed by atoms with van der Waals surface area (Å²) >= 11 is 1.36. The minimum atomic E-state index is -0.757. The summed E-state index contributed by atoms with van der Waals surface area (Å²) in [7, 11) is 0. The molecule has 2 N–H and O–H groups in total. The zero-order valence-electron chi connectivity index (χ0n) is 9.97. The first kappa shape index (κ1) is 12.3. The Morgan fingerprint density at radius 1 is 1.32 bits per heavy atom. The smallest absolute Gasteiger partial charge is 0.168 e. The van der Waals surface area contributed by atoms with Gasteiger partial charge in [0.15, 0.2) is 5.65 Å². The van der Waals surface area contributed by atoms with Crippen molar-refractivity contribution in [3.8, 4) is 0 Å². The first-order valence-corrected chi connectivity index (χ1v) is 6.77. The van der Waals surface area contributed by atoms with E-state index in [4.69, 9.17) is 5.11 Å². The Kier molecular flexibility index (Phi) is 3.33. The van der Waals surface area contributed by atoms with Gasteiger partial charge in [-0.25, -0.2) is 15.0 Å². The van der Waals surface area contributed by atoms with E-state index in [0.29, 0.717) is 16.3 Å². The molecule has 0 saturated heterocycles. The summed E-state index contributed by atoms with van der Waals surface area (Å²) in [5.41, 5.74) is 2.26. The molecule has 3 heterocycles. The van der Waals surface area contributed by atoms with Crippen LogP contribution in [0.1, 0.15) is 0 Å². The molecule has 3 aromatic rings. The highest BCUT2D eigenvalue weighted by Gasteiger charge is 2.12. The summed E-state index contributed by atoms with van der Waals surface area (Å²) in [6.07, 6.45) is 2.62. The summed E-state index contributed by atoms with van der Waals surface area (Å²) in [6, 6.07) is 5.73.